The minimum Gasteiger partial charge on any atom is -0.493 e. The number of rotatable bonds is 7. The van der Waals surface area contributed by atoms with Gasteiger partial charge >= 0.3 is 5.97 Å². The van der Waals surface area contributed by atoms with Gasteiger partial charge in [0.15, 0.2) is 0 Å². The van der Waals surface area contributed by atoms with E-state index < -0.39 is 0 Å². The second kappa shape index (κ2) is 7.33. The third-order valence-electron chi connectivity index (χ3n) is 2.84. The molecule has 1 aromatic carbocycles. The molecule has 0 aliphatic carbocycles. The zero-order chi connectivity index (χ0) is 15.1. The van der Waals surface area contributed by atoms with Crippen LogP contribution in [0.2, 0.25) is 0 Å². The molecule has 0 saturated heterocycles. The molecule has 0 fully saturated rings. The first-order valence-corrected chi connectivity index (χ1v) is 6.82. The van der Waals surface area contributed by atoms with E-state index in [1.807, 2.05) is 13.1 Å². The Morgan fingerprint density at radius 1 is 1.43 bits per heavy atom. The number of carbonyl (C=O) groups is 1. The third kappa shape index (κ3) is 4.83. The lowest BCUT2D eigenvalue weighted by atomic mass is 10.3. The van der Waals surface area contributed by atoms with Crippen LogP contribution in [0.15, 0.2) is 36.7 Å². The van der Waals surface area contributed by atoms with Crippen molar-refractivity contribution < 1.29 is 14.3 Å². The number of hydrogen-bond donors (Lipinski definition) is 1. The Bertz CT molecular complexity index is 595. The van der Waals surface area contributed by atoms with Gasteiger partial charge in [-0.15, -0.1) is 0 Å². The molecule has 0 atom stereocenters. The first-order chi connectivity index (χ1) is 10.2. The second-order valence-corrected chi connectivity index (χ2v) is 4.54. The van der Waals surface area contributed by atoms with Crippen molar-refractivity contribution in [2.75, 3.05) is 12.3 Å². The lowest BCUT2D eigenvalue weighted by Gasteiger charge is -2.06. The van der Waals surface area contributed by atoms with Gasteiger partial charge in [-0.05, 0) is 19.1 Å². The molecule has 0 amide bonds. The SMILES string of the molecule is CCn1cc(COC(=O)CCOc2cccc(N)c2)cn1. The summed E-state index contributed by atoms with van der Waals surface area (Å²) >= 11 is 0. The lowest BCUT2D eigenvalue weighted by Crippen LogP contribution is -2.09. The molecule has 0 bridgehead atoms. The Morgan fingerprint density at radius 3 is 3.00 bits per heavy atom. The predicted molar refractivity (Wildman–Crippen MR) is 78.7 cm³/mol. The molecule has 1 heterocycles. The number of nitrogens with two attached hydrogens (primary N) is 1. The zero-order valence-corrected chi connectivity index (χ0v) is 12.0. The van der Waals surface area contributed by atoms with Gasteiger partial charge in [-0.3, -0.25) is 9.48 Å². The number of nitrogens with zero attached hydrogens (tertiary/aromatic N) is 2. The molecule has 6 heteroatoms. The van der Waals surface area contributed by atoms with E-state index in [2.05, 4.69) is 5.10 Å². The minimum atomic E-state index is -0.303. The van der Waals surface area contributed by atoms with Crippen LogP contribution < -0.4 is 10.5 Å². The first kappa shape index (κ1) is 14.9. The molecule has 21 heavy (non-hydrogen) atoms. The van der Waals surface area contributed by atoms with Crippen molar-refractivity contribution in [2.45, 2.75) is 26.5 Å². The normalized spacial score (nSPS) is 10.3. The van der Waals surface area contributed by atoms with E-state index in [1.165, 1.54) is 0 Å². The van der Waals surface area contributed by atoms with Crippen LogP contribution in [0.1, 0.15) is 18.9 Å². The van der Waals surface area contributed by atoms with Gasteiger partial charge in [-0.1, -0.05) is 6.07 Å². The van der Waals surface area contributed by atoms with Crippen molar-refractivity contribution in [3.8, 4) is 5.75 Å². The van der Waals surface area contributed by atoms with Gasteiger partial charge < -0.3 is 15.2 Å². The number of esters is 1. The van der Waals surface area contributed by atoms with Gasteiger partial charge in [0.2, 0.25) is 0 Å². The number of aryl methyl sites for hydroxylation is 1. The van der Waals surface area contributed by atoms with Crippen LogP contribution in [0.25, 0.3) is 0 Å². The number of ether oxygens (including phenoxy) is 2. The molecule has 2 aromatic rings. The maximum Gasteiger partial charge on any atom is 0.309 e. The third-order valence-corrected chi connectivity index (χ3v) is 2.84. The van der Waals surface area contributed by atoms with Crippen LogP contribution >= 0.6 is 0 Å². The van der Waals surface area contributed by atoms with E-state index in [4.69, 9.17) is 15.2 Å². The average molecular weight is 289 g/mol. The molecular formula is C15H19N3O3. The molecule has 2 N–H and O–H groups in total. The number of anilines is 1. The van der Waals surface area contributed by atoms with Crippen molar-refractivity contribution in [1.29, 1.82) is 0 Å². The summed E-state index contributed by atoms with van der Waals surface area (Å²) < 4.78 is 12.4. The minimum absolute atomic E-state index is 0.191. The van der Waals surface area contributed by atoms with Crippen LogP contribution in [0, 0.1) is 0 Å². The van der Waals surface area contributed by atoms with Crippen molar-refractivity contribution in [1.82, 2.24) is 9.78 Å². The van der Waals surface area contributed by atoms with Gasteiger partial charge in [0.25, 0.3) is 0 Å². The predicted octanol–water partition coefficient (Wildman–Crippen LogP) is 2.00. The van der Waals surface area contributed by atoms with Crippen LogP contribution in [0.3, 0.4) is 0 Å². The van der Waals surface area contributed by atoms with Crippen molar-refractivity contribution in [2.24, 2.45) is 0 Å². The Labute approximate surface area is 123 Å². The zero-order valence-electron chi connectivity index (χ0n) is 12.0. The van der Waals surface area contributed by atoms with Crippen molar-refractivity contribution in [3.05, 3.63) is 42.2 Å². The summed E-state index contributed by atoms with van der Waals surface area (Å²) in [4.78, 5) is 11.6. The van der Waals surface area contributed by atoms with E-state index in [0.717, 1.165) is 12.1 Å². The van der Waals surface area contributed by atoms with Gasteiger partial charge in [0.1, 0.15) is 12.4 Å². The highest BCUT2D eigenvalue weighted by atomic mass is 16.5. The quantitative estimate of drug-likeness (QED) is 0.623. The fourth-order valence-electron chi connectivity index (χ4n) is 1.75. The highest BCUT2D eigenvalue weighted by Crippen LogP contribution is 2.14. The fraction of sp³-hybridized carbons (Fsp3) is 0.333. The molecule has 0 radical (unpaired) electrons. The standard InChI is InChI=1S/C15H19N3O3/c1-2-18-10-12(9-17-18)11-21-15(19)6-7-20-14-5-3-4-13(16)8-14/h3-5,8-10H,2,6-7,11,16H2,1H3. The fourth-order valence-corrected chi connectivity index (χ4v) is 1.75. The maximum atomic E-state index is 11.6. The molecule has 6 nitrogen and oxygen atoms in total. The van der Waals surface area contributed by atoms with E-state index in [9.17, 15) is 4.79 Å². The molecule has 112 valence electrons. The summed E-state index contributed by atoms with van der Waals surface area (Å²) in [7, 11) is 0. The average Bonchev–Trinajstić information content (AvgIpc) is 2.93. The molecule has 0 unspecified atom stereocenters. The van der Waals surface area contributed by atoms with Gasteiger partial charge in [-0.25, -0.2) is 0 Å². The first-order valence-electron chi connectivity index (χ1n) is 6.82. The smallest absolute Gasteiger partial charge is 0.309 e. The molecule has 0 aliphatic heterocycles. The van der Waals surface area contributed by atoms with Gasteiger partial charge in [0, 0.05) is 30.1 Å². The topological polar surface area (TPSA) is 79.4 Å². The van der Waals surface area contributed by atoms with Crippen LogP contribution in [0.4, 0.5) is 5.69 Å². The monoisotopic (exact) mass is 289 g/mol. The van der Waals surface area contributed by atoms with Crippen LogP contribution in [-0.4, -0.2) is 22.4 Å². The lowest BCUT2D eigenvalue weighted by molar-refractivity contribution is -0.145. The van der Waals surface area contributed by atoms with E-state index in [0.29, 0.717) is 11.4 Å². The maximum absolute atomic E-state index is 11.6. The number of aromatic nitrogens is 2. The summed E-state index contributed by atoms with van der Waals surface area (Å²) in [5, 5.41) is 4.11. The summed E-state index contributed by atoms with van der Waals surface area (Å²) in [6.45, 7) is 3.28. The van der Waals surface area contributed by atoms with Crippen molar-refractivity contribution in [3.63, 3.8) is 0 Å². The Balaban J connectivity index is 1.67. The van der Waals surface area contributed by atoms with Crippen molar-refractivity contribution >= 4 is 11.7 Å². The Morgan fingerprint density at radius 2 is 2.29 bits per heavy atom. The highest BCUT2D eigenvalue weighted by Gasteiger charge is 2.05. The van der Waals surface area contributed by atoms with Crippen LogP contribution in [0.5, 0.6) is 5.75 Å². The molecule has 0 spiro atoms. The second-order valence-electron chi connectivity index (χ2n) is 4.54. The summed E-state index contributed by atoms with van der Waals surface area (Å²) in [5.74, 6) is 0.343. The number of benzene rings is 1. The van der Waals surface area contributed by atoms with Gasteiger partial charge in [0.05, 0.1) is 19.2 Å². The molecular weight excluding hydrogens is 270 g/mol. The number of carbonyl (C=O) groups excluding carboxylic acids is 1. The summed E-state index contributed by atoms with van der Waals surface area (Å²) in [6.07, 6.45) is 3.74. The molecule has 0 saturated carbocycles. The molecule has 1 aromatic heterocycles. The van der Waals surface area contributed by atoms with E-state index in [1.54, 1.807) is 35.1 Å². The highest BCUT2D eigenvalue weighted by molar-refractivity contribution is 5.69. The van der Waals surface area contributed by atoms with E-state index in [-0.39, 0.29) is 25.6 Å². The Kier molecular flexibility index (Phi) is 5.20. The summed E-state index contributed by atoms with van der Waals surface area (Å²) in [6, 6.07) is 7.08. The largest absolute Gasteiger partial charge is 0.493 e. The Hall–Kier alpha value is -2.50. The summed E-state index contributed by atoms with van der Waals surface area (Å²) in [5.41, 5.74) is 7.14. The van der Waals surface area contributed by atoms with Crippen LogP contribution in [-0.2, 0) is 22.7 Å². The molecule has 0 aliphatic rings. The molecule has 2 rings (SSSR count). The van der Waals surface area contributed by atoms with Gasteiger partial charge in [-0.2, -0.15) is 5.10 Å². The number of nitrogen functional groups attached to an aromatic ring is 1. The van der Waals surface area contributed by atoms with E-state index >= 15 is 0 Å². The number of hydrogen-bond acceptors (Lipinski definition) is 5.